The predicted octanol–water partition coefficient (Wildman–Crippen LogP) is 7.08. The van der Waals surface area contributed by atoms with Crippen LogP contribution in [0.3, 0.4) is 0 Å². The first-order valence-electron chi connectivity index (χ1n) is 14.6. The molecule has 1 unspecified atom stereocenters. The molecule has 4 aromatic carbocycles. The summed E-state index contributed by atoms with van der Waals surface area (Å²) in [5.74, 6) is -0.862. The van der Waals surface area contributed by atoms with Crippen molar-refractivity contribution in [2.45, 2.75) is 57.6 Å². The number of anilines is 1. The zero-order valence-electron chi connectivity index (χ0n) is 25.7. The van der Waals surface area contributed by atoms with Crippen molar-refractivity contribution in [3.8, 4) is 0 Å². The first-order valence-corrected chi connectivity index (χ1v) is 17.2. The van der Waals surface area contributed by atoms with Gasteiger partial charge in [-0.15, -0.1) is 0 Å². The molecule has 0 aliphatic carbocycles. The number of aryl methyl sites for hydroxylation is 1. The minimum Gasteiger partial charge on any atom is -0.352 e. The molecular weight excluding hydrogens is 674 g/mol. The fourth-order valence-electron chi connectivity index (χ4n) is 4.94. The summed E-state index contributed by atoms with van der Waals surface area (Å²) in [5.41, 5.74) is 3.35. The van der Waals surface area contributed by atoms with Crippen LogP contribution in [0.1, 0.15) is 36.1 Å². The van der Waals surface area contributed by atoms with Gasteiger partial charge in [0.15, 0.2) is 0 Å². The second kappa shape index (κ2) is 15.1. The highest BCUT2D eigenvalue weighted by Crippen LogP contribution is 2.31. The van der Waals surface area contributed by atoms with Gasteiger partial charge in [-0.05, 0) is 80.8 Å². The highest BCUT2D eigenvalue weighted by atomic mass is 79.9. The third-order valence-electron chi connectivity index (χ3n) is 7.36. The van der Waals surface area contributed by atoms with Crippen molar-refractivity contribution in [2.24, 2.45) is 0 Å². The van der Waals surface area contributed by atoms with Crippen molar-refractivity contribution in [1.82, 2.24) is 10.2 Å². The Kier molecular flexibility index (Phi) is 11.5. The zero-order chi connectivity index (χ0) is 32.7. The minimum absolute atomic E-state index is 0.0399. The summed E-state index contributed by atoms with van der Waals surface area (Å²) < 4.78 is 30.4. The molecule has 4 aromatic rings. The molecule has 236 valence electrons. The number of carbonyl (C=O) groups excluding carboxylic acids is 2. The monoisotopic (exact) mass is 709 g/mol. The molecule has 0 aliphatic heterocycles. The van der Waals surface area contributed by atoms with E-state index in [4.69, 9.17) is 11.6 Å². The van der Waals surface area contributed by atoms with Crippen molar-refractivity contribution in [3.05, 3.63) is 129 Å². The van der Waals surface area contributed by atoms with Crippen molar-refractivity contribution < 1.29 is 18.0 Å². The van der Waals surface area contributed by atoms with Crippen LogP contribution in [0.15, 0.2) is 106 Å². The summed E-state index contributed by atoms with van der Waals surface area (Å²) in [5, 5.41) is 3.34. The number of halogens is 2. The van der Waals surface area contributed by atoms with E-state index in [0.717, 1.165) is 25.5 Å². The van der Waals surface area contributed by atoms with Crippen molar-refractivity contribution in [2.75, 3.05) is 10.8 Å². The fourth-order valence-corrected chi connectivity index (χ4v) is 6.84. The van der Waals surface area contributed by atoms with Gasteiger partial charge < -0.3 is 10.2 Å². The summed E-state index contributed by atoms with van der Waals surface area (Å²) in [4.78, 5) is 29.9. The predicted molar refractivity (Wildman–Crippen MR) is 184 cm³/mol. The average Bonchev–Trinajstić information content (AvgIpc) is 3.00. The Morgan fingerprint density at radius 2 is 1.49 bits per heavy atom. The Bertz CT molecular complexity index is 1730. The number of carbonyl (C=O) groups is 2. The molecule has 0 heterocycles. The lowest BCUT2D eigenvalue weighted by atomic mass is 10.0. The van der Waals surface area contributed by atoms with Crippen LogP contribution in [0.25, 0.3) is 0 Å². The van der Waals surface area contributed by atoms with Crippen molar-refractivity contribution in [3.63, 3.8) is 0 Å². The fraction of sp³-hybridized carbons (Fsp3) is 0.257. The van der Waals surface area contributed by atoms with E-state index in [2.05, 4.69) is 21.2 Å². The van der Waals surface area contributed by atoms with E-state index in [1.165, 1.54) is 17.0 Å². The summed E-state index contributed by atoms with van der Waals surface area (Å²) in [7, 11) is -4.22. The maximum Gasteiger partial charge on any atom is 0.264 e. The zero-order valence-corrected chi connectivity index (χ0v) is 28.9. The molecule has 45 heavy (non-hydrogen) atoms. The second-order valence-electron chi connectivity index (χ2n) is 11.2. The molecule has 4 rings (SSSR count). The van der Waals surface area contributed by atoms with E-state index < -0.39 is 28.5 Å². The van der Waals surface area contributed by atoms with Crippen LogP contribution in [-0.2, 0) is 32.6 Å². The first kappa shape index (κ1) is 34.2. The Balaban J connectivity index is 1.83. The molecule has 0 aromatic heterocycles. The van der Waals surface area contributed by atoms with E-state index in [0.29, 0.717) is 10.6 Å². The summed E-state index contributed by atoms with van der Waals surface area (Å²) >= 11 is 9.91. The van der Waals surface area contributed by atoms with E-state index >= 15 is 0 Å². The molecule has 0 saturated carbocycles. The van der Waals surface area contributed by atoms with E-state index in [1.807, 2.05) is 75.4 Å². The van der Waals surface area contributed by atoms with Gasteiger partial charge in [0.05, 0.1) is 10.6 Å². The van der Waals surface area contributed by atoms with Crippen LogP contribution in [-0.4, -0.2) is 43.8 Å². The molecular formula is C35H37BrClN3O4S. The summed E-state index contributed by atoms with van der Waals surface area (Å²) in [6.45, 7) is 6.84. The van der Waals surface area contributed by atoms with Crippen LogP contribution in [0, 0.1) is 13.8 Å². The smallest absolute Gasteiger partial charge is 0.264 e. The van der Waals surface area contributed by atoms with Gasteiger partial charge in [-0.1, -0.05) is 93.8 Å². The Morgan fingerprint density at radius 1 is 0.844 bits per heavy atom. The first-order chi connectivity index (χ1) is 21.4. The number of nitrogens with zero attached hydrogens (tertiary/aromatic N) is 2. The number of hydrogen-bond donors (Lipinski definition) is 1. The lowest BCUT2D eigenvalue weighted by Crippen LogP contribution is -2.54. The SMILES string of the molecule is Cc1ccc(S(=O)(=O)N(CC(=O)N(Cc2ccc(Br)cc2)C(Cc2ccccc2)C(=O)NC(C)C)c2cccc(Cl)c2C)cc1. The Hall–Kier alpha value is -3.66. The number of hydrogen-bond acceptors (Lipinski definition) is 4. The maximum absolute atomic E-state index is 14.5. The lowest BCUT2D eigenvalue weighted by Gasteiger charge is -2.34. The maximum atomic E-state index is 14.5. The van der Waals surface area contributed by atoms with Crippen LogP contribution >= 0.6 is 27.5 Å². The largest absolute Gasteiger partial charge is 0.352 e. The normalized spacial score (nSPS) is 12.1. The van der Waals surface area contributed by atoms with Gasteiger partial charge in [0.2, 0.25) is 11.8 Å². The quantitative estimate of drug-likeness (QED) is 0.170. The van der Waals surface area contributed by atoms with Gasteiger partial charge in [0.1, 0.15) is 12.6 Å². The third kappa shape index (κ3) is 8.75. The topological polar surface area (TPSA) is 86.8 Å². The van der Waals surface area contributed by atoms with E-state index in [1.54, 1.807) is 37.3 Å². The number of sulfonamides is 1. The number of amides is 2. The Morgan fingerprint density at radius 3 is 2.11 bits per heavy atom. The van der Waals surface area contributed by atoms with Crippen LogP contribution in [0.5, 0.6) is 0 Å². The number of benzene rings is 4. The van der Waals surface area contributed by atoms with Gasteiger partial charge in [0, 0.05) is 28.5 Å². The highest BCUT2D eigenvalue weighted by Gasteiger charge is 2.35. The molecule has 2 amide bonds. The lowest BCUT2D eigenvalue weighted by molar-refractivity contribution is -0.140. The molecule has 1 N–H and O–H groups in total. The number of nitrogens with one attached hydrogen (secondary N) is 1. The van der Waals surface area contributed by atoms with Gasteiger partial charge in [-0.2, -0.15) is 0 Å². The minimum atomic E-state index is -4.22. The molecule has 0 bridgehead atoms. The van der Waals surface area contributed by atoms with Crippen LogP contribution in [0.2, 0.25) is 5.02 Å². The molecule has 0 fully saturated rings. The summed E-state index contributed by atoms with van der Waals surface area (Å²) in [6.07, 6.45) is 0.239. The molecule has 0 spiro atoms. The molecule has 0 saturated heterocycles. The molecule has 0 radical (unpaired) electrons. The van der Waals surface area contributed by atoms with Crippen molar-refractivity contribution >= 4 is 55.1 Å². The molecule has 10 heteroatoms. The van der Waals surface area contributed by atoms with E-state index in [-0.39, 0.29) is 35.5 Å². The van der Waals surface area contributed by atoms with Gasteiger partial charge in [-0.3, -0.25) is 13.9 Å². The van der Waals surface area contributed by atoms with Gasteiger partial charge >= 0.3 is 0 Å². The molecule has 7 nitrogen and oxygen atoms in total. The second-order valence-corrected chi connectivity index (χ2v) is 14.4. The van der Waals surface area contributed by atoms with E-state index in [9.17, 15) is 18.0 Å². The Labute approximate surface area is 279 Å². The van der Waals surface area contributed by atoms with Crippen LogP contribution in [0.4, 0.5) is 5.69 Å². The van der Waals surface area contributed by atoms with Gasteiger partial charge in [-0.25, -0.2) is 8.42 Å². The highest BCUT2D eigenvalue weighted by molar-refractivity contribution is 9.10. The van der Waals surface area contributed by atoms with Gasteiger partial charge in [0.25, 0.3) is 10.0 Å². The summed E-state index contributed by atoms with van der Waals surface area (Å²) in [6, 6.07) is 27.3. The average molecular weight is 711 g/mol. The standard InChI is InChI=1S/C35H37BrClN3O4S/c1-24(2)38-35(42)33(21-27-9-6-5-7-10-27)39(22-28-15-17-29(36)18-16-28)34(41)23-40(32-12-8-11-31(37)26(32)4)45(43,44)30-19-13-25(3)14-20-30/h5-20,24,33H,21-23H2,1-4H3,(H,38,42). The van der Waals surface area contributed by atoms with Crippen molar-refractivity contribution in [1.29, 1.82) is 0 Å². The molecule has 0 aliphatic rings. The molecule has 1 atom stereocenters. The number of rotatable bonds is 12. The van der Waals surface area contributed by atoms with Crippen LogP contribution < -0.4 is 9.62 Å². The third-order valence-corrected chi connectivity index (χ3v) is 10.1.